The standard InChI is InChI=1S/C27H33ClN6O2/c1-16(2)25(29)27(35)31-20-14-18-13-19(28)8-11-22(18)34-23(15-20)32-33-26(34)17-6-9-21(10-7-17)36-24-5-3-4-12-30-24/h3-5,8,11-13,16-17,20-21,25H,6-7,9-10,14-15,29H2,1-2H3,(H,31,35)/t17?,20-,21?,25-/m1/s1. The molecule has 1 saturated carbocycles. The quantitative estimate of drug-likeness (QED) is 0.521. The van der Waals surface area contributed by atoms with E-state index in [2.05, 4.69) is 25.1 Å². The van der Waals surface area contributed by atoms with Gasteiger partial charge in [-0.05, 0) is 67.9 Å². The van der Waals surface area contributed by atoms with Gasteiger partial charge in [-0.3, -0.25) is 9.36 Å². The number of nitrogens with two attached hydrogens (primary N) is 1. The molecule has 3 heterocycles. The van der Waals surface area contributed by atoms with E-state index >= 15 is 0 Å². The van der Waals surface area contributed by atoms with Crippen molar-refractivity contribution in [1.82, 2.24) is 25.1 Å². The topological polar surface area (TPSA) is 108 Å². The molecule has 190 valence electrons. The van der Waals surface area contributed by atoms with E-state index in [1.54, 1.807) is 6.20 Å². The maximum atomic E-state index is 12.7. The second-order valence-corrected chi connectivity index (χ2v) is 10.7. The Morgan fingerprint density at radius 1 is 1.14 bits per heavy atom. The zero-order valence-electron chi connectivity index (χ0n) is 20.7. The van der Waals surface area contributed by atoms with Gasteiger partial charge in [-0.25, -0.2) is 4.98 Å². The minimum atomic E-state index is -0.552. The van der Waals surface area contributed by atoms with Gasteiger partial charge in [-0.15, -0.1) is 10.2 Å². The Morgan fingerprint density at radius 2 is 1.94 bits per heavy atom. The number of rotatable bonds is 6. The molecule has 5 rings (SSSR count). The molecule has 0 bridgehead atoms. The number of nitrogens with one attached hydrogen (secondary N) is 1. The van der Waals surface area contributed by atoms with Crippen LogP contribution in [0.2, 0.25) is 5.02 Å². The van der Waals surface area contributed by atoms with Crippen LogP contribution in [-0.4, -0.2) is 43.8 Å². The van der Waals surface area contributed by atoms with Crippen molar-refractivity contribution in [3.63, 3.8) is 0 Å². The number of benzene rings is 1. The molecule has 8 nitrogen and oxygen atoms in total. The minimum absolute atomic E-state index is 0.0598. The van der Waals surface area contributed by atoms with Gasteiger partial charge in [0.2, 0.25) is 11.8 Å². The molecule has 2 atom stereocenters. The Kier molecular flexibility index (Phi) is 7.25. The lowest BCUT2D eigenvalue weighted by atomic mass is 9.86. The predicted molar refractivity (Wildman–Crippen MR) is 138 cm³/mol. The number of aromatic nitrogens is 4. The highest BCUT2D eigenvalue weighted by atomic mass is 35.5. The summed E-state index contributed by atoms with van der Waals surface area (Å²) in [6, 6.07) is 11.0. The normalized spacial score (nSPS) is 22.3. The largest absolute Gasteiger partial charge is 0.474 e. The highest BCUT2D eigenvalue weighted by Crippen LogP contribution is 2.37. The molecule has 0 unspecified atom stereocenters. The molecule has 3 N–H and O–H groups in total. The fourth-order valence-corrected chi connectivity index (χ4v) is 5.41. The first-order valence-electron chi connectivity index (χ1n) is 12.8. The smallest absolute Gasteiger partial charge is 0.237 e. The maximum Gasteiger partial charge on any atom is 0.237 e. The highest BCUT2D eigenvalue weighted by Gasteiger charge is 2.32. The lowest BCUT2D eigenvalue weighted by Gasteiger charge is -2.28. The van der Waals surface area contributed by atoms with Crippen molar-refractivity contribution in [2.45, 2.75) is 76.5 Å². The van der Waals surface area contributed by atoms with Gasteiger partial charge in [0.15, 0.2) is 0 Å². The van der Waals surface area contributed by atoms with Crippen molar-refractivity contribution in [2.75, 3.05) is 0 Å². The molecule has 0 saturated heterocycles. The van der Waals surface area contributed by atoms with Crippen molar-refractivity contribution >= 4 is 17.5 Å². The van der Waals surface area contributed by atoms with Gasteiger partial charge in [0.1, 0.15) is 17.8 Å². The van der Waals surface area contributed by atoms with E-state index < -0.39 is 6.04 Å². The number of fused-ring (bicyclic) bond motifs is 3. The van der Waals surface area contributed by atoms with Crippen LogP contribution in [0.15, 0.2) is 42.6 Å². The zero-order chi connectivity index (χ0) is 25.2. The Balaban J connectivity index is 1.37. The van der Waals surface area contributed by atoms with E-state index in [0.29, 0.717) is 23.7 Å². The van der Waals surface area contributed by atoms with Crippen LogP contribution in [0, 0.1) is 5.92 Å². The Bertz CT molecular complexity index is 1210. The van der Waals surface area contributed by atoms with Crippen LogP contribution < -0.4 is 15.8 Å². The third kappa shape index (κ3) is 5.25. The molecule has 36 heavy (non-hydrogen) atoms. The van der Waals surface area contributed by atoms with Gasteiger partial charge in [-0.2, -0.15) is 0 Å². The molecule has 1 aliphatic carbocycles. The van der Waals surface area contributed by atoms with Crippen LogP contribution >= 0.6 is 11.6 Å². The number of halogens is 1. The van der Waals surface area contributed by atoms with Crippen molar-refractivity contribution in [1.29, 1.82) is 0 Å². The first-order valence-corrected chi connectivity index (χ1v) is 13.1. The van der Waals surface area contributed by atoms with Crippen molar-refractivity contribution in [3.8, 4) is 11.6 Å². The number of hydrogen-bond acceptors (Lipinski definition) is 6. The monoisotopic (exact) mass is 508 g/mol. The van der Waals surface area contributed by atoms with E-state index in [1.807, 2.05) is 50.2 Å². The predicted octanol–water partition coefficient (Wildman–Crippen LogP) is 3.99. The van der Waals surface area contributed by atoms with E-state index in [1.165, 1.54) is 0 Å². The molecule has 1 fully saturated rings. The third-order valence-electron chi connectivity index (χ3n) is 7.26. The average Bonchev–Trinajstić information content (AvgIpc) is 3.21. The molecule has 1 amide bonds. The van der Waals surface area contributed by atoms with Gasteiger partial charge in [0.25, 0.3) is 0 Å². The van der Waals surface area contributed by atoms with Gasteiger partial charge in [0.05, 0.1) is 11.7 Å². The first kappa shape index (κ1) is 24.7. The summed E-state index contributed by atoms with van der Waals surface area (Å²) >= 11 is 6.38. The Labute approximate surface area is 216 Å². The lowest BCUT2D eigenvalue weighted by molar-refractivity contribution is -0.123. The van der Waals surface area contributed by atoms with Gasteiger partial charge >= 0.3 is 0 Å². The van der Waals surface area contributed by atoms with E-state index in [0.717, 1.165) is 48.6 Å². The number of nitrogens with zero attached hydrogens (tertiary/aromatic N) is 4. The van der Waals surface area contributed by atoms with Crippen molar-refractivity contribution < 1.29 is 9.53 Å². The van der Waals surface area contributed by atoms with Crippen LogP contribution in [0.4, 0.5) is 0 Å². The van der Waals surface area contributed by atoms with Crippen LogP contribution in [-0.2, 0) is 17.6 Å². The number of ether oxygens (including phenoxy) is 1. The molecule has 9 heteroatoms. The molecule has 2 aliphatic rings. The summed E-state index contributed by atoms with van der Waals surface area (Å²) in [7, 11) is 0. The molecule has 3 aromatic rings. The van der Waals surface area contributed by atoms with Crippen LogP contribution in [0.3, 0.4) is 0 Å². The second-order valence-electron chi connectivity index (χ2n) is 10.2. The molecule has 0 radical (unpaired) electrons. The summed E-state index contributed by atoms with van der Waals surface area (Å²) in [5, 5.41) is 13.1. The summed E-state index contributed by atoms with van der Waals surface area (Å²) < 4.78 is 8.28. The SMILES string of the molecule is CC(C)[C@@H](N)C(=O)N[C@@H]1Cc2cc(Cl)ccc2-n2c(nnc2C2CCC(Oc3ccccn3)CC2)C1. The van der Waals surface area contributed by atoms with Crippen LogP contribution in [0.1, 0.15) is 62.7 Å². The Morgan fingerprint density at radius 3 is 2.67 bits per heavy atom. The third-order valence-corrected chi connectivity index (χ3v) is 7.50. The minimum Gasteiger partial charge on any atom is -0.474 e. The molecule has 0 spiro atoms. The fourth-order valence-electron chi connectivity index (χ4n) is 5.21. The highest BCUT2D eigenvalue weighted by molar-refractivity contribution is 6.30. The van der Waals surface area contributed by atoms with Gasteiger partial charge in [-0.1, -0.05) is 31.5 Å². The summed E-state index contributed by atoms with van der Waals surface area (Å²) in [4.78, 5) is 17.0. The number of carbonyl (C=O) groups excluding carboxylic acids is 1. The second kappa shape index (κ2) is 10.6. The van der Waals surface area contributed by atoms with E-state index in [4.69, 9.17) is 22.1 Å². The molecule has 2 aromatic heterocycles. The molecule has 1 aromatic carbocycles. The van der Waals surface area contributed by atoms with Crippen molar-refractivity contribution in [2.24, 2.45) is 11.7 Å². The number of hydrogen-bond donors (Lipinski definition) is 2. The number of amides is 1. The van der Waals surface area contributed by atoms with Crippen LogP contribution in [0.5, 0.6) is 5.88 Å². The zero-order valence-corrected chi connectivity index (χ0v) is 21.5. The average molecular weight is 509 g/mol. The number of pyridine rings is 1. The van der Waals surface area contributed by atoms with E-state index in [9.17, 15) is 4.79 Å². The summed E-state index contributed by atoms with van der Waals surface area (Å²) in [6.45, 7) is 3.90. The lowest BCUT2D eigenvalue weighted by Crippen LogP contribution is -2.49. The Hall–Kier alpha value is -2.97. The molecular formula is C27H33ClN6O2. The van der Waals surface area contributed by atoms with Crippen LogP contribution in [0.25, 0.3) is 5.69 Å². The molecule has 1 aliphatic heterocycles. The van der Waals surface area contributed by atoms with Gasteiger partial charge < -0.3 is 15.8 Å². The maximum absolute atomic E-state index is 12.7. The first-order chi connectivity index (χ1) is 17.4. The number of carbonyl (C=O) groups is 1. The summed E-state index contributed by atoms with van der Waals surface area (Å²) in [5.41, 5.74) is 8.21. The van der Waals surface area contributed by atoms with Gasteiger partial charge in [0, 0.05) is 35.7 Å². The fraction of sp³-hybridized carbons (Fsp3) is 0.481. The summed E-state index contributed by atoms with van der Waals surface area (Å²) in [6.07, 6.45) is 6.92. The summed E-state index contributed by atoms with van der Waals surface area (Å²) in [5.74, 6) is 2.69. The van der Waals surface area contributed by atoms with Crippen molar-refractivity contribution in [3.05, 3.63) is 64.8 Å². The molecular weight excluding hydrogens is 476 g/mol. The van der Waals surface area contributed by atoms with E-state index in [-0.39, 0.29) is 29.9 Å².